The number of phenols is 1. The van der Waals surface area contributed by atoms with Crippen LogP contribution in [0.4, 0.5) is 0 Å². The van der Waals surface area contributed by atoms with Crippen LogP contribution in [0.25, 0.3) is 22.1 Å². The van der Waals surface area contributed by atoms with Gasteiger partial charge in [0.15, 0.2) is 0 Å². The Kier molecular flexibility index (Phi) is 2.73. The highest BCUT2D eigenvalue weighted by Gasteiger charge is 2.14. The van der Waals surface area contributed by atoms with Gasteiger partial charge in [0.2, 0.25) is 0 Å². The highest BCUT2D eigenvalue weighted by Crippen LogP contribution is 2.28. The van der Waals surface area contributed by atoms with Crippen molar-refractivity contribution < 1.29 is 20.1 Å². The number of hydrogen-bond donors (Lipinski definition) is 3. The minimum Gasteiger partial charge on any atom is -0.506 e. The molecule has 1 aromatic heterocycles. The van der Waals surface area contributed by atoms with Gasteiger partial charge in [-0.15, -0.1) is 0 Å². The van der Waals surface area contributed by atoms with Crippen LogP contribution in [0.15, 0.2) is 30.3 Å². The molecule has 0 spiro atoms. The molecule has 6 heteroatoms. The zero-order valence-corrected chi connectivity index (χ0v) is 10.2. The number of carboxylic acid groups (broad SMARTS) is 1. The second-order valence-corrected chi connectivity index (χ2v) is 4.30. The van der Waals surface area contributed by atoms with Gasteiger partial charge >= 0.3 is 5.97 Å². The van der Waals surface area contributed by atoms with E-state index in [-0.39, 0.29) is 29.0 Å². The number of carboxylic acids is 1. The minimum atomic E-state index is -1.11. The van der Waals surface area contributed by atoms with Crippen molar-refractivity contribution in [3.63, 3.8) is 0 Å². The molecule has 0 aliphatic rings. The lowest BCUT2D eigenvalue weighted by Crippen LogP contribution is -2.01. The fourth-order valence-corrected chi connectivity index (χ4v) is 2.12. The topological polar surface area (TPSA) is 104 Å². The number of aliphatic hydroxyl groups excluding tert-OH is 1. The van der Waals surface area contributed by atoms with Crippen LogP contribution in [-0.2, 0) is 6.61 Å². The van der Waals surface area contributed by atoms with Crippen LogP contribution in [0, 0.1) is 0 Å². The van der Waals surface area contributed by atoms with Crippen molar-refractivity contribution in [3.05, 3.63) is 41.5 Å². The summed E-state index contributed by atoms with van der Waals surface area (Å²) < 4.78 is 0. The normalized spacial score (nSPS) is 11.1. The third-order valence-corrected chi connectivity index (χ3v) is 3.08. The van der Waals surface area contributed by atoms with Crippen molar-refractivity contribution in [2.75, 3.05) is 0 Å². The molecule has 0 aliphatic heterocycles. The van der Waals surface area contributed by atoms with Gasteiger partial charge in [-0.3, -0.25) is 0 Å². The summed E-state index contributed by atoms with van der Waals surface area (Å²) in [5.74, 6) is -1.21. The molecule has 100 valence electrons. The maximum Gasteiger partial charge on any atom is 0.337 e. The summed E-state index contributed by atoms with van der Waals surface area (Å²) in [5.41, 5.74) is 1.69. The lowest BCUT2D eigenvalue weighted by atomic mass is 10.1. The number of rotatable bonds is 2. The molecule has 3 N–H and O–H groups in total. The van der Waals surface area contributed by atoms with Crippen molar-refractivity contribution in [1.82, 2.24) is 9.97 Å². The Morgan fingerprint density at radius 1 is 1.05 bits per heavy atom. The first-order valence-electron chi connectivity index (χ1n) is 5.87. The van der Waals surface area contributed by atoms with E-state index in [0.29, 0.717) is 16.6 Å². The lowest BCUT2D eigenvalue weighted by Gasteiger charge is -2.07. The average molecular weight is 270 g/mol. The SMILES string of the molecule is O=C(O)c1cccc2nc3c(CO)ccc(O)c3nc12. The third kappa shape index (κ3) is 1.74. The number of aliphatic hydroxyl groups is 1. The first kappa shape index (κ1) is 12.3. The van der Waals surface area contributed by atoms with E-state index < -0.39 is 5.97 Å². The number of hydrogen-bond acceptors (Lipinski definition) is 5. The summed E-state index contributed by atoms with van der Waals surface area (Å²) in [6.07, 6.45) is 0. The number of aromatic hydroxyl groups is 1. The number of nitrogens with zero attached hydrogens (tertiary/aromatic N) is 2. The highest BCUT2D eigenvalue weighted by molar-refractivity contribution is 6.03. The van der Waals surface area contributed by atoms with Crippen molar-refractivity contribution in [1.29, 1.82) is 0 Å². The largest absolute Gasteiger partial charge is 0.506 e. The fourth-order valence-electron chi connectivity index (χ4n) is 2.12. The average Bonchev–Trinajstić information content (AvgIpc) is 2.45. The second kappa shape index (κ2) is 4.43. The van der Waals surface area contributed by atoms with E-state index in [1.165, 1.54) is 12.1 Å². The van der Waals surface area contributed by atoms with Crippen LogP contribution in [-0.4, -0.2) is 31.3 Å². The molecule has 1 heterocycles. The van der Waals surface area contributed by atoms with E-state index in [1.807, 2.05) is 0 Å². The summed E-state index contributed by atoms with van der Waals surface area (Å²) >= 11 is 0. The Labute approximate surface area is 113 Å². The van der Waals surface area contributed by atoms with E-state index in [1.54, 1.807) is 18.2 Å². The molecule has 0 radical (unpaired) electrons. The number of aromatic carboxylic acids is 1. The van der Waals surface area contributed by atoms with E-state index >= 15 is 0 Å². The molecule has 2 aromatic carbocycles. The van der Waals surface area contributed by atoms with Gasteiger partial charge in [0.25, 0.3) is 0 Å². The van der Waals surface area contributed by atoms with Gasteiger partial charge in [0, 0.05) is 5.56 Å². The summed E-state index contributed by atoms with van der Waals surface area (Å²) in [6, 6.07) is 7.60. The van der Waals surface area contributed by atoms with Gasteiger partial charge < -0.3 is 15.3 Å². The summed E-state index contributed by atoms with van der Waals surface area (Å²) in [4.78, 5) is 19.7. The smallest absolute Gasteiger partial charge is 0.337 e. The monoisotopic (exact) mass is 270 g/mol. The van der Waals surface area contributed by atoms with Crippen molar-refractivity contribution >= 4 is 28.0 Å². The first-order chi connectivity index (χ1) is 9.61. The zero-order chi connectivity index (χ0) is 14.3. The predicted molar refractivity (Wildman–Crippen MR) is 71.6 cm³/mol. The van der Waals surface area contributed by atoms with Crippen LogP contribution in [0.2, 0.25) is 0 Å². The van der Waals surface area contributed by atoms with Crippen LogP contribution in [0.3, 0.4) is 0 Å². The van der Waals surface area contributed by atoms with Crippen LogP contribution in [0.5, 0.6) is 5.75 Å². The number of carbonyl (C=O) groups is 1. The third-order valence-electron chi connectivity index (χ3n) is 3.08. The van der Waals surface area contributed by atoms with Crippen molar-refractivity contribution in [2.24, 2.45) is 0 Å². The van der Waals surface area contributed by atoms with Gasteiger partial charge in [-0.1, -0.05) is 12.1 Å². The quantitative estimate of drug-likeness (QED) is 0.612. The molecule has 6 nitrogen and oxygen atoms in total. The number of phenolic OH excluding ortho intramolecular Hbond substituents is 1. The number of benzene rings is 2. The van der Waals surface area contributed by atoms with Crippen LogP contribution < -0.4 is 0 Å². The number of aromatic nitrogens is 2. The van der Waals surface area contributed by atoms with Gasteiger partial charge in [0.05, 0.1) is 23.2 Å². The second-order valence-electron chi connectivity index (χ2n) is 4.30. The Morgan fingerprint density at radius 3 is 2.55 bits per heavy atom. The van der Waals surface area contributed by atoms with E-state index in [0.717, 1.165) is 0 Å². The van der Waals surface area contributed by atoms with Crippen molar-refractivity contribution in [2.45, 2.75) is 6.61 Å². The Bertz CT molecular complexity index is 845. The highest BCUT2D eigenvalue weighted by atomic mass is 16.4. The van der Waals surface area contributed by atoms with Gasteiger partial charge in [0.1, 0.15) is 16.8 Å². The maximum atomic E-state index is 11.2. The number of para-hydroxylation sites is 1. The van der Waals surface area contributed by atoms with Gasteiger partial charge in [-0.2, -0.15) is 0 Å². The van der Waals surface area contributed by atoms with E-state index in [9.17, 15) is 15.0 Å². The molecule has 0 fully saturated rings. The predicted octanol–water partition coefficient (Wildman–Crippen LogP) is 1.68. The van der Waals surface area contributed by atoms with E-state index in [2.05, 4.69) is 9.97 Å². The summed E-state index contributed by atoms with van der Waals surface area (Å²) in [5, 5.41) is 28.3. The molecular formula is C14H10N2O4. The molecule has 0 saturated carbocycles. The molecule has 0 saturated heterocycles. The van der Waals surface area contributed by atoms with Crippen LogP contribution in [0.1, 0.15) is 15.9 Å². The fraction of sp³-hybridized carbons (Fsp3) is 0.0714. The van der Waals surface area contributed by atoms with Gasteiger partial charge in [-0.05, 0) is 18.2 Å². The standard InChI is InChI=1S/C14H10N2O4/c17-6-7-4-5-10(18)13-11(7)15-9-3-1-2-8(14(19)20)12(9)16-13/h1-5,17-18H,6H2,(H,19,20). The molecule has 3 aromatic rings. The lowest BCUT2D eigenvalue weighted by molar-refractivity contribution is 0.0699. The molecule has 0 aliphatic carbocycles. The number of fused-ring (bicyclic) bond motifs is 2. The molecule has 0 bridgehead atoms. The molecule has 0 unspecified atom stereocenters. The Morgan fingerprint density at radius 2 is 1.85 bits per heavy atom. The molecular weight excluding hydrogens is 260 g/mol. The molecule has 0 atom stereocenters. The summed E-state index contributed by atoms with van der Waals surface area (Å²) in [7, 11) is 0. The molecule has 3 rings (SSSR count). The summed E-state index contributed by atoms with van der Waals surface area (Å²) in [6.45, 7) is -0.240. The van der Waals surface area contributed by atoms with Gasteiger partial charge in [-0.25, -0.2) is 14.8 Å². The Hall–Kier alpha value is -2.73. The molecule has 0 amide bonds. The maximum absolute atomic E-state index is 11.2. The Balaban J connectivity index is 2.49. The van der Waals surface area contributed by atoms with E-state index in [4.69, 9.17) is 5.11 Å². The van der Waals surface area contributed by atoms with Crippen molar-refractivity contribution in [3.8, 4) is 5.75 Å². The van der Waals surface area contributed by atoms with Crippen LogP contribution >= 0.6 is 0 Å². The minimum absolute atomic E-state index is 0.0192. The first-order valence-corrected chi connectivity index (χ1v) is 5.87. The zero-order valence-electron chi connectivity index (χ0n) is 10.2. The molecule has 20 heavy (non-hydrogen) atoms.